The van der Waals surface area contributed by atoms with Gasteiger partial charge in [-0.1, -0.05) is 5.16 Å². The molecule has 90 valence electrons. The summed E-state index contributed by atoms with van der Waals surface area (Å²) in [4.78, 5) is 4.24. The van der Waals surface area contributed by atoms with Gasteiger partial charge in [-0.2, -0.15) is 4.98 Å². The van der Waals surface area contributed by atoms with Gasteiger partial charge in [0.05, 0.1) is 12.5 Å². The van der Waals surface area contributed by atoms with Crippen LogP contribution in [-0.2, 0) is 17.6 Å². The highest BCUT2D eigenvalue weighted by atomic mass is 16.5. The molecule has 1 aromatic heterocycles. The van der Waals surface area contributed by atoms with Crippen molar-refractivity contribution in [3.8, 4) is 0 Å². The van der Waals surface area contributed by atoms with E-state index in [0.717, 1.165) is 25.7 Å². The third kappa shape index (κ3) is 3.28. The summed E-state index contributed by atoms with van der Waals surface area (Å²) in [7, 11) is 1.67. The largest absolute Gasteiger partial charge is 0.392 e. The number of hydrogen-bond acceptors (Lipinski definition) is 5. The first kappa shape index (κ1) is 11.5. The lowest BCUT2D eigenvalue weighted by Gasteiger charge is -2.03. The van der Waals surface area contributed by atoms with E-state index >= 15 is 0 Å². The van der Waals surface area contributed by atoms with Gasteiger partial charge in [0.15, 0.2) is 5.82 Å². The second-order valence-electron chi connectivity index (χ2n) is 4.31. The first-order chi connectivity index (χ1) is 7.79. The van der Waals surface area contributed by atoms with Crippen molar-refractivity contribution in [2.45, 2.75) is 38.2 Å². The fourth-order valence-electron chi connectivity index (χ4n) is 1.68. The predicted octanol–water partition coefficient (Wildman–Crippen LogP) is 0.962. The van der Waals surface area contributed by atoms with Gasteiger partial charge in [-0.25, -0.2) is 0 Å². The summed E-state index contributed by atoms with van der Waals surface area (Å²) in [5, 5.41) is 13.6. The Kier molecular flexibility index (Phi) is 3.90. The molecular formula is C11H18N2O3. The number of ether oxygens (including phenoxy) is 1. The van der Waals surface area contributed by atoms with Gasteiger partial charge in [0.2, 0.25) is 5.89 Å². The Balaban J connectivity index is 1.77. The summed E-state index contributed by atoms with van der Waals surface area (Å²) in [6.07, 6.45) is 4.07. The van der Waals surface area contributed by atoms with Gasteiger partial charge < -0.3 is 14.4 Å². The predicted molar refractivity (Wildman–Crippen MR) is 56.9 cm³/mol. The summed E-state index contributed by atoms with van der Waals surface area (Å²) < 4.78 is 10.0. The molecule has 0 aliphatic heterocycles. The van der Waals surface area contributed by atoms with Crippen LogP contribution in [0.1, 0.15) is 31.0 Å². The van der Waals surface area contributed by atoms with E-state index in [1.807, 2.05) is 0 Å². The molecule has 0 saturated heterocycles. The van der Waals surface area contributed by atoms with Gasteiger partial charge in [0.1, 0.15) is 0 Å². The van der Waals surface area contributed by atoms with Crippen molar-refractivity contribution in [1.29, 1.82) is 0 Å². The lowest BCUT2D eigenvalue weighted by Crippen LogP contribution is -2.12. The molecule has 0 amide bonds. The summed E-state index contributed by atoms with van der Waals surface area (Å²) in [6.45, 7) is 0.703. The topological polar surface area (TPSA) is 68.4 Å². The minimum absolute atomic E-state index is 0.313. The van der Waals surface area contributed by atoms with Crippen LogP contribution in [0.2, 0.25) is 0 Å². The molecule has 2 rings (SSSR count). The second kappa shape index (κ2) is 5.41. The first-order valence-corrected chi connectivity index (χ1v) is 5.78. The van der Waals surface area contributed by atoms with Crippen LogP contribution in [0.15, 0.2) is 4.52 Å². The molecule has 1 aliphatic carbocycles. The van der Waals surface area contributed by atoms with E-state index in [0.29, 0.717) is 30.7 Å². The first-order valence-electron chi connectivity index (χ1n) is 5.78. The van der Waals surface area contributed by atoms with E-state index < -0.39 is 0 Å². The third-order valence-corrected chi connectivity index (χ3v) is 2.81. The smallest absolute Gasteiger partial charge is 0.229 e. The lowest BCUT2D eigenvalue weighted by molar-refractivity contribution is 0.140. The van der Waals surface area contributed by atoms with Gasteiger partial charge in [-0.15, -0.1) is 0 Å². The molecule has 1 atom stereocenters. The third-order valence-electron chi connectivity index (χ3n) is 2.81. The normalized spacial score (nSPS) is 17.6. The highest BCUT2D eigenvalue weighted by molar-refractivity contribution is 4.92. The molecule has 1 N–H and O–H groups in total. The van der Waals surface area contributed by atoms with Gasteiger partial charge in [-0.3, -0.25) is 0 Å². The van der Waals surface area contributed by atoms with Crippen LogP contribution in [0.25, 0.3) is 0 Å². The summed E-state index contributed by atoms with van der Waals surface area (Å²) in [5.74, 6) is 1.70. The van der Waals surface area contributed by atoms with Crippen LogP contribution in [0.4, 0.5) is 0 Å². The maximum atomic E-state index is 9.72. The molecule has 1 saturated carbocycles. The molecule has 1 fully saturated rings. The number of aryl methyl sites for hydroxylation is 1. The number of nitrogens with zero attached hydrogens (tertiary/aromatic N) is 2. The fraction of sp³-hybridized carbons (Fsp3) is 0.818. The number of aromatic nitrogens is 2. The standard InChI is InChI=1S/C11H18N2O3/c1-15-6-2-3-10-12-11(16-13-10)7-9(14)8-4-5-8/h8-9,14H,2-7H2,1H3. The van der Waals surface area contributed by atoms with E-state index in [1.54, 1.807) is 7.11 Å². The average Bonchev–Trinajstić information content (AvgIpc) is 3.03. The van der Waals surface area contributed by atoms with E-state index in [2.05, 4.69) is 10.1 Å². The Morgan fingerprint density at radius 2 is 2.38 bits per heavy atom. The molecule has 1 aliphatic rings. The molecular weight excluding hydrogens is 208 g/mol. The molecule has 0 radical (unpaired) electrons. The van der Waals surface area contributed by atoms with Crippen molar-refractivity contribution >= 4 is 0 Å². The number of aliphatic hydroxyl groups excluding tert-OH is 1. The zero-order valence-corrected chi connectivity index (χ0v) is 9.56. The van der Waals surface area contributed by atoms with Crippen LogP contribution in [-0.4, -0.2) is 35.1 Å². The molecule has 0 spiro atoms. The molecule has 16 heavy (non-hydrogen) atoms. The van der Waals surface area contributed by atoms with Crippen LogP contribution in [0.5, 0.6) is 0 Å². The van der Waals surface area contributed by atoms with Crippen molar-refractivity contribution in [1.82, 2.24) is 10.1 Å². The molecule has 0 bridgehead atoms. The fourth-order valence-corrected chi connectivity index (χ4v) is 1.68. The van der Waals surface area contributed by atoms with Gasteiger partial charge in [0.25, 0.3) is 0 Å². The van der Waals surface area contributed by atoms with Crippen molar-refractivity contribution in [3.05, 3.63) is 11.7 Å². The highest BCUT2D eigenvalue weighted by Gasteiger charge is 2.30. The van der Waals surface area contributed by atoms with Gasteiger partial charge in [-0.05, 0) is 25.2 Å². The monoisotopic (exact) mass is 226 g/mol. The van der Waals surface area contributed by atoms with Crippen LogP contribution >= 0.6 is 0 Å². The summed E-state index contributed by atoms with van der Waals surface area (Å²) in [5.41, 5.74) is 0. The van der Waals surface area contributed by atoms with Gasteiger partial charge >= 0.3 is 0 Å². The lowest BCUT2D eigenvalue weighted by atomic mass is 10.2. The van der Waals surface area contributed by atoms with E-state index in [-0.39, 0.29) is 6.10 Å². The van der Waals surface area contributed by atoms with Crippen molar-refractivity contribution < 1.29 is 14.4 Å². The van der Waals surface area contributed by atoms with Crippen LogP contribution in [0.3, 0.4) is 0 Å². The maximum absolute atomic E-state index is 9.72. The molecule has 0 aromatic carbocycles. The SMILES string of the molecule is COCCCc1noc(CC(O)C2CC2)n1. The van der Waals surface area contributed by atoms with Gasteiger partial charge in [0, 0.05) is 20.1 Å². The van der Waals surface area contributed by atoms with E-state index in [4.69, 9.17) is 9.26 Å². The van der Waals surface area contributed by atoms with Crippen LogP contribution in [0, 0.1) is 5.92 Å². The Labute approximate surface area is 94.8 Å². The maximum Gasteiger partial charge on any atom is 0.229 e. The minimum atomic E-state index is -0.313. The molecule has 1 unspecified atom stereocenters. The summed E-state index contributed by atoms with van der Waals surface area (Å²) >= 11 is 0. The molecule has 5 heteroatoms. The Hall–Kier alpha value is -0.940. The number of methoxy groups -OCH3 is 1. The Morgan fingerprint density at radius 3 is 3.06 bits per heavy atom. The zero-order chi connectivity index (χ0) is 11.4. The van der Waals surface area contributed by atoms with Crippen molar-refractivity contribution in [3.63, 3.8) is 0 Å². The van der Waals surface area contributed by atoms with E-state index in [9.17, 15) is 5.11 Å². The Morgan fingerprint density at radius 1 is 1.56 bits per heavy atom. The quantitative estimate of drug-likeness (QED) is 0.701. The molecule has 1 heterocycles. The zero-order valence-electron chi connectivity index (χ0n) is 9.56. The minimum Gasteiger partial charge on any atom is -0.392 e. The number of hydrogen-bond donors (Lipinski definition) is 1. The highest BCUT2D eigenvalue weighted by Crippen LogP contribution is 2.33. The summed E-state index contributed by atoms with van der Waals surface area (Å²) in [6, 6.07) is 0. The second-order valence-corrected chi connectivity index (χ2v) is 4.31. The van der Waals surface area contributed by atoms with Crippen molar-refractivity contribution in [2.75, 3.05) is 13.7 Å². The van der Waals surface area contributed by atoms with E-state index in [1.165, 1.54) is 0 Å². The number of aliphatic hydroxyl groups is 1. The van der Waals surface area contributed by atoms with Crippen molar-refractivity contribution in [2.24, 2.45) is 5.92 Å². The average molecular weight is 226 g/mol. The number of rotatable bonds is 7. The molecule has 5 nitrogen and oxygen atoms in total. The van der Waals surface area contributed by atoms with Crippen LogP contribution < -0.4 is 0 Å². The molecule has 1 aromatic rings. The Bertz CT molecular complexity index is 323.